The zero-order chi connectivity index (χ0) is 20.3. The molecule has 0 radical (unpaired) electrons. The molecule has 2 aromatic carbocycles. The van der Waals surface area contributed by atoms with E-state index in [1.54, 1.807) is 18.2 Å². The third-order valence-corrected chi connectivity index (χ3v) is 6.53. The molecule has 1 fully saturated rings. The SMILES string of the molecule is COC(=O)c1cccc(CN2CCN(S(=O)(=O)c3ccc(F)cc3F)CC2)c1. The second-order valence-electron chi connectivity index (χ2n) is 6.45. The van der Waals surface area contributed by atoms with Crippen LogP contribution in [0, 0.1) is 11.6 Å². The van der Waals surface area contributed by atoms with Gasteiger partial charge in [0.05, 0.1) is 12.7 Å². The van der Waals surface area contributed by atoms with Gasteiger partial charge in [0, 0.05) is 38.8 Å². The van der Waals surface area contributed by atoms with Gasteiger partial charge < -0.3 is 4.74 Å². The highest BCUT2D eigenvalue weighted by Crippen LogP contribution is 2.22. The van der Waals surface area contributed by atoms with E-state index in [1.807, 2.05) is 11.0 Å². The summed E-state index contributed by atoms with van der Waals surface area (Å²) < 4.78 is 58.1. The molecule has 1 heterocycles. The van der Waals surface area contributed by atoms with Gasteiger partial charge in [0.15, 0.2) is 0 Å². The van der Waals surface area contributed by atoms with Gasteiger partial charge in [-0.05, 0) is 29.8 Å². The van der Waals surface area contributed by atoms with Gasteiger partial charge in [-0.2, -0.15) is 4.31 Å². The highest BCUT2D eigenvalue weighted by molar-refractivity contribution is 7.89. The molecule has 0 bridgehead atoms. The number of hydrogen-bond donors (Lipinski definition) is 0. The van der Waals surface area contributed by atoms with Crippen molar-refractivity contribution in [1.29, 1.82) is 0 Å². The normalized spacial score (nSPS) is 16.1. The monoisotopic (exact) mass is 410 g/mol. The largest absolute Gasteiger partial charge is 0.465 e. The van der Waals surface area contributed by atoms with Crippen molar-refractivity contribution in [3.8, 4) is 0 Å². The Bertz CT molecular complexity index is 974. The fraction of sp³-hybridized carbons (Fsp3) is 0.316. The van der Waals surface area contributed by atoms with E-state index in [0.717, 1.165) is 17.7 Å². The molecular weight excluding hydrogens is 390 g/mol. The van der Waals surface area contributed by atoms with Crippen LogP contribution in [-0.4, -0.2) is 56.9 Å². The summed E-state index contributed by atoms with van der Waals surface area (Å²) in [5.74, 6) is -2.34. The number of carbonyl (C=O) groups excluding carboxylic acids is 1. The van der Waals surface area contributed by atoms with Crippen molar-refractivity contribution < 1.29 is 26.7 Å². The Hall–Kier alpha value is -2.36. The van der Waals surface area contributed by atoms with Gasteiger partial charge in [-0.25, -0.2) is 22.0 Å². The summed E-state index contributed by atoms with van der Waals surface area (Å²) in [7, 11) is -2.71. The lowest BCUT2D eigenvalue weighted by Gasteiger charge is -2.34. The predicted molar refractivity (Wildman–Crippen MR) is 98.2 cm³/mol. The minimum atomic E-state index is -4.02. The van der Waals surface area contributed by atoms with Crippen LogP contribution in [0.4, 0.5) is 8.78 Å². The van der Waals surface area contributed by atoms with E-state index >= 15 is 0 Å². The van der Waals surface area contributed by atoms with E-state index < -0.39 is 32.5 Å². The molecule has 0 aliphatic carbocycles. The van der Waals surface area contributed by atoms with Crippen molar-refractivity contribution >= 4 is 16.0 Å². The lowest BCUT2D eigenvalue weighted by molar-refractivity contribution is 0.0600. The molecule has 0 spiro atoms. The number of benzene rings is 2. The average molecular weight is 410 g/mol. The molecule has 0 amide bonds. The van der Waals surface area contributed by atoms with E-state index in [-0.39, 0.29) is 13.1 Å². The second-order valence-corrected chi connectivity index (χ2v) is 8.35. The van der Waals surface area contributed by atoms with Crippen LogP contribution in [0.1, 0.15) is 15.9 Å². The number of rotatable bonds is 5. The zero-order valence-electron chi connectivity index (χ0n) is 15.3. The van der Waals surface area contributed by atoms with Crippen molar-refractivity contribution in [2.24, 2.45) is 0 Å². The Kier molecular flexibility index (Phi) is 6.07. The Morgan fingerprint density at radius 2 is 1.79 bits per heavy atom. The molecule has 1 saturated heterocycles. The van der Waals surface area contributed by atoms with Gasteiger partial charge in [-0.3, -0.25) is 4.90 Å². The molecule has 9 heteroatoms. The maximum absolute atomic E-state index is 13.9. The molecule has 150 valence electrons. The van der Waals surface area contributed by atoms with E-state index in [2.05, 4.69) is 0 Å². The molecule has 6 nitrogen and oxygen atoms in total. The van der Waals surface area contributed by atoms with E-state index in [9.17, 15) is 22.0 Å². The third kappa shape index (κ3) is 4.37. The van der Waals surface area contributed by atoms with Gasteiger partial charge in [-0.15, -0.1) is 0 Å². The molecular formula is C19H20F2N2O4S. The van der Waals surface area contributed by atoms with Crippen LogP contribution in [0.25, 0.3) is 0 Å². The van der Waals surface area contributed by atoms with Crippen molar-refractivity contribution in [1.82, 2.24) is 9.21 Å². The van der Waals surface area contributed by atoms with Crippen molar-refractivity contribution in [2.75, 3.05) is 33.3 Å². The number of hydrogen-bond acceptors (Lipinski definition) is 5. The van der Waals surface area contributed by atoms with Crippen LogP contribution in [-0.2, 0) is 21.3 Å². The van der Waals surface area contributed by atoms with E-state index in [1.165, 1.54) is 11.4 Å². The van der Waals surface area contributed by atoms with Crippen LogP contribution in [0.3, 0.4) is 0 Å². The lowest BCUT2D eigenvalue weighted by Crippen LogP contribution is -2.48. The van der Waals surface area contributed by atoms with Crippen LogP contribution in [0.2, 0.25) is 0 Å². The zero-order valence-corrected chi connectivity index (χ0v) is 16.1. The Morgan fingerprint density at radius 3 is 2.43 bits per heavy atom. The first kappa shape index (κ1) is 20.4. The Labute approximate surface area is 162 Å². The molecule has 1 aliphatic heterocycles. The minimum Gasteiger partial charge on any atom is -0.465 e. The Morgan fingerprint density at radius 1 is 1.07 bits per heavy atom. The molecule has 2 aromatic rings. The van der Waals surface area contributed by atoms with Crippen LogP contribution >= 0.6 is 0 Å². The molecule has 0 saturated carbocycles. The average Bonchev–Trinajstić information content (AvgIpc) is 2.67. The van der Waals surface area contributed by atoms with Gasteiger partial charge >= 0.3 is 5.97 Å². The summed E-state index contributed by atoms with van der Waals surface area (Å²) in [6, 6.07) is 9.49. The predicted octanol–water partition coefficient (Wildman–Crippen LogP) is 2.26. The molecule has 0 aromatic heterocycles. The maximum atomic E-state index is 13.9. The van der Waals surface area contributed by atoms with Crippen LogP contribution in [0.5, 0.6) is 0 Å². The summed E-state index contributed by atoms with van der Waals surface area (Å²) in [6.45, 7) is 1.82. The molecule has 1 aliphatic rings. The number of piperazine rings is 1. The molecule has 3 rings (SSSR count). The molecule has 0 atom stereocenters. The van der Waals surface area contributed by atoms with Crippen LogP contribution < -0.4 is 0 Å². The van der Waals surface area contributed by atoms with Crippen LogP contribution in [0.15, 0.2) is 47.4 Å². The summed E-state index contributed by atoms with van der Waals surface area (Å²) in [4.78, 5) is 13.2. The van der Waals surface area contributed by atoms with Crippen molar-refractivity contribution in [3.05, 3.63) is 65.2 Å². The lowest BCUT2D eigenvalue weighted by atomic mass is 10.1. The van der Waals surface area contributed by atoms with Gasteiger partial charge in [-0.1, -0.05) is 12.1 Å². The van der Waals surface area contributed by atoms with Crippen molar-refractivity contribution in [2.45, 2.75) is 11.4 Å². The first-order valence-corrected chi connectivity index (χ1v) is 10.1. The highest BCUT2D eigenvalue weighted by atomic mass is 32.2. The summed E-state index contributed by atoms with van der Waals surface area (Å²) in [5.41, 5.74) is 1.36. The van der Waals surface area contributed by atoms with E-state index in [4.69, 9.17) is 4.74 Å². The number of ether oxygens (including phenoxy) is 1. The number of halogens is 2. The molecule has 0 unspecified atom stereocenters. The highest BCUT2D eigenvalue weighted by Gasteiger charge is 2.30. The fourth-order valence-electron chi connectivity index (χ4n) is 3.12. The summed E-state index contributed by atoms with van der Waals surface area (Å²) >= 11 is 0. The quantitative estimate of drug-likeness (QED) is 0.708. The number of sulfonamides is 1. The summed E-state index contributed by atoms with van der Waals surface area (Å²) in [6.07, 6.45) is 0. The number of methoxy groups -OCH3 is 1. The van der Waals surface area contributed by atoms with E-state index in [0.29, 0.717) is 31.3 Å². The van der Waals surface area contributed by atoms with Crippen molar-refractivity contribution in [3.63, 3.8) is 0 Å². The maximum Gasteiger partial charge on any atom is 0.337 e. The van der Waals surface area contributed by atoms with Gasteiger partial charge in [0.2, 0.25) is 10.0 Å². The number of nitrogens with zero attached hydrogens (tertiary/aromatic N) is 2. The Balaban J connectivity index is 1.65. The second kappa shape index (κ2) is 8.34. The topological polar surface area (TPSA) is 66.9 Å². The first-order valence-electron chi connectivity index (χ1n) is 8.66. The summed E-state index contributed by atoms with van der Waals surface area (Å²) in [5, 5.41) is 0. The molecule has 28 heavy (non-hydrogen) atoms. The number of carbonyl (C=O) groups is 1. The first-order chi connectivity index (χ1) is 13.3. The van der Waals surface area contributed by atoms with Gasteiger partial charge in [0.25, 0.3) is 0 Å². The fourth-order valence-corrected chi connectivity index (χ4v) is 4.59. The third-order valence-electron chi connectivity index (χ3n) is 4.60. The minimum absolute atomic E-state index is 0.190. The van der Waals surface area contributed by atoms with Gasteiger partial charge in [0.1, 0.15) is 16.5 Å². The smallest absolute Gasteiger partial charge is 0.337 e. The standard InChI is InChI=1S/C19H20F2N2O4S/c1-27-19(24)15-4-2-3-14(11-15)13-22-7-9-23(10-8-22)28(25,26)18-6-5-16(20)12-17(18)21/h2-6,11-12H,7-10,13H2,1H3. The molecule has 0 N–H and O–H groups in total. The number of esters is 1.